The van der Waals surface area contributed by atoms with E-state index in [2.05, 4.69) is 21.4 Å². The first-order valence-electron chi connectivity index (χ1n) is 6.65. The highest BCUT2D eigenvalue weighted by atomic mass is 16.5. The van der Waals surface area contributed by atoms with E-state index in [1.165, 1.54) is 11.3 Å². The lowest BCUT2D eigenvalue weighted by molar-refractivity contribution is 0.298. The number of rotatable bonds is 4. The van der Waals surface area contributed by atoms with Crippen molar-refractivity contribution in [2.24, 2.45) is 0 Å². The van der Waals surface area contributed by atoms with Crippen LogP contribution in [0.4, 0.5) is 0 Å². The number of nitrogens with zero attached hydrogens (tertiary/aromatic N) is 2. The van der Waals surface area contributed by atoms with Crippen molar-refractivity contribution in [3.63, 3.8) is 0 Å². The Morgan fingerprint density at radius 3 is 2.90 bits per heavy atom. The molecule has 0 spiro atoms. The number of hydrogen-bond donors (Lipinski definition) is 1. The molecule has 0 saturated carbocycles. The van der Waals surface area contributed by atoms with Crippen molar-refractivity contribution in [2.75, 3.05) is 13.7 Å². The molecule has 2 aromatic heterocycles. The molecule has 0 amide bonds. The maximum Gasteiger partial charge on any atom is 0.138 e. The first kappa shape index (κ1) is 12.9. The predicted octanol–water partition coefficient (Wildman–Crippen LogP) is 1.71. The van der Waals surface area contributed by atoms with Gasteiger partial charge in [-0.3, -0.25) is 9.97 Å². The van der Waals surface area contributed by atoms with Gasteiger partial charge in [0.05, 0.1) is 25.2 Å². The van der Waals surface area contributed by atoms with E-state index >= 15 is 0 Å². The van der Waals surface area contributed by atoms with Crippen LogP contribution in [-0.4, -0.2) is 23.6 Å². The summed E-state index contributed by atoms with van der Waals surface area (Å²) in [4.78, 5) is 8.72. The van der Waals surface area contributed by atoms with Crippen molar-refractivity contribution >= 4 is 0 Å². The summed E-state index contributed by atoms with van der Waals surface area (Å²) in [6.45, 7) is 2.29. The monoisotopic (exact) mass is 271 g/mol. The van der Waals surface area contributed by atoms with Crippen molar-refractivity contribution in [2.45, 2.75) is 19.6 Å². The van der Waals surface area contributed by atoms with Crippen LogP contribution in [0, 0.1) is 0 Å². The van der Waals surface area contributed by atoms with Crippen LogP contribution in [0.2, 0.25) is 0 Å². The molecular weight excluding hydrogens is 254 g/mol. The quantitative estimate of drug-likeness (QED) is 0.917. The Morgan fingerprint density at radius 1 is 1.20 bits per heavy atom. The van der Waals surface area contributed by atoms with Gasteiger partial charge in [-0.1, -0.05) is 0 Å². The number of pyridine rings is 2. The molecule has 1 aliphatic heterocycles. The Morgan fingerprint density at radius 2 is 2.10 bits per heavy atom. The summed E-state index contributed by atoms with van der Waals surface area (Å²) in [5.74, 6) is 1.53. The van der Waals surface area contributed by atoms with Crippen LogP contribution in [0.25, 0.3) is 0 Å². The lowest BCUT2D eigenvalue weighted by Gasteiger charge is -2.16. The summed E-state index contributed by atoms with van der Waals surface area (Å²) < 4.78 is 10.8. The Balaban J connectivity index is 1.65. The molecule has 0 atom stereocenters. The summed E-state index contributed by atoms with van der Waals surface area (Å²) in [7, 11) is 1.63. The largest absolute Gasteiger partial charge is 0.495 e. The van der Waals surface area contributed by atoms with E-state index < -0.39 is 0 Å². The number of nitrogens with one attached hydrogen (secondary N) is 1. The number of ether oxygens (including phenoxy) is 2. The first-order valence-corrected chi connectivity index (χ1v) is 6.65. The normalized spacial score (nSPS) is 13.7. The lowest BCUT2D eigenvalue weighted by atomic mass is 10.1. The number of hydrogen-bond acceptors (Lipinski definition) is 5. The molecule has 5 nitrogen and oxygen atoms in total. The molecule has 20 heavy (non-hydrogen) atoms. The number of fused-ring (bicyclic) bond motifs is 1. The number of methoxy groups -OCH3 is 1. The molecule has 3 heterocycles. The van der Waals surface area contributed by atoms with E-state index in [1.54, 1.807) is 19.5 Å². The molecule has 5 heteroatoms. The van der Waals surface area contributed by atoms with Gasteiger partial charge in [0.2, 0.25) is 0 Å². The van der Waals surface area contributed by atoms with Gasteiger partial charge >= 0.3 is 0 Å². The third kappa shape index (κ3) is 2.88. The highest BCUT2D eigenvalue weighted by Crippen LogP contribution is 2.19. The molecule has 1 aliphatic rings. The van der Waals surface area contributed by atoms with E-state index in [1.807, 2.05) is 12.1 Å². The minimum Gasteiger partial charge on any atom is -0.495 e. The van der Waals surface area contributed by atoms with Crippen molar-refractivity contribution in [1.82, 2.24) is 15.3 Å². The summed E-state index contributed by atoms with van der Waals surface area (Å²) in [5, 5.41) is 3.33. The zero-order valence-corrected chi connectivity index (χ0v) is 11.4. The summed E-state index contributed by atoms with van der Waals surface area (Å²) in [6.07, 6.45) is 4.46. The highest BCUT2D eigenvalue weighted by Gasteiger charge is 2.10. The third-order valence-corrected chi connectivity index (χ3v) is 3.31. The van der Waals surface area contributed by atoms with Crippen molar-refractivity contribution in [3.05, 3.63) is 47.5 Å². The SMILES string of the molecule is COc1ccc(COc2cnc3c(c2)CNCC3)nc1. The topological polar surface area (TPSA) is 56.3 Å². The third-order valence-electron chi connectivity index (χ3n) is 3.31. The van der Waals surface area contributed by atoms with Crippen LogP contribution >= 0.6 is 0 Å². The van der Waals surface area contributed by atoms with Gasteiger partial charge in [0.15, 0.2) is 0 Å². The van der Waals surface area contributed by atoms with E-state index in [-0.39, 0.29) is 0 Å². The average molecular weight is 271 g/mol. The Hall–Kier alpha value is -2.14. The van der Waals surface area contributed by atoms with Crippen LogP contribution in [-0.2, 0) is 19.6 Å². The van der Waals surface area contributed by atoms with Crippen LogP contribution in [0.15, 0.2) is 30.6 Å². The Labute approximate surface area is 118 Å². The van der Waals surface area contributed by atoms with Gasteiger partial charge < -0.3 is 14.8 Å². The maximum absolute atomic E-state index is 5.74. The fourth-order valence-electron chi connectivity index (χ4n) is 2.18. The molecule has 0 saturated heterocycles. The van der Waals surface area contributed by atoms with E-state index in [0.717, 1.165) is 36.7 Å². The van der Waals surface area contributed by atoms with Crippen LogP contribution in [0.1, 0.15) is 17.0 Å². The fraction of sp³-hybridized carbons (Fsp3) is 0.333. The number of aromatic nitrogens is 2. The smallest absolute Gasteiger partial charge is 0.138 e. The summed E-state index contributed by atoms with van der Waals surface area (Å²) >= 11 is 0. The molecule has 2 aromatic rings. The van der Waals surface area contributed by atoms with Crippen molar-refractivity contribution in [1.29, 1.82) is 0 Å². The molecule has 0 unspecified atom stereocenters. The van der Waals surface area contributed by atoms with Gasteiger partial charge in [-0.2, -0.15) is 0 Å². The van der Waals surface area contributed by atoms with Crippen LogP contribution in [0.5, 0.6) is 11.5 Å². The van der Waals surface area contributed by atoms with Crippen LogP contribution in [0.3, 0.4) is 0 Å². The standard InChI is InChI=1S/C15H17N3O2/c1-19-13-3-2-12(17-8-13)10-20-14-6-11-7-16-5-4-15(11)18-9-14/h2-3,6,8-9,16H,4-5,7,10H2,1H3. The van der Waals surface area contributed by atoms with Gasteiger partial charge in [0.25, 0.3) is 0 Å². The molecule has 0 radical (unpaired) electrons. The van der Waals surface area contributed by atoms with Gasteiger partial charge in [0, 0.05) is 25.2 Å². The zero-order valence-electron chi connectivity index (χ0n) is 11.4. The highest BCUT2D eigenvalue weighted by molar-refractivity contribution is 5.31. The maximum atomic E-state index is 5.74. The second-order valence-corrected chi connectivity index (χ2v) is 4.68. The Kier molecular flexibility index (Phi) is 3.78. The fourth-order valence-corrected chi connectivity index (χ4v) is 2.18. The van der Waals surface area contributed by atoms with Crippen LogP contribution < -0.4 is 14.8 Å². The second-order valence-electron chi connectivity index (χ2n) is 4.68. The molecule has 104 valence electrons. The van der Waals surface area contributed by atoms with Gasteiger partial charge in [-0.05, 0) is 23.8 Å². The van der Waals surface area contributed by atoms with E-state index in [0.29, 0.717) is 6.61 Å². The van der Waals surface area contributed by atoms with Gasteiger partial charge in [0.1, 0.15) is 18.1 Å². The molecule has 0 aromatic carbocycles. The molecule has 0 bridgehead atoms. The van der Waals surface area contributed by atoms with E-state index in [9.17, 15) is 0 Å². The molecule has 0 aliphatic carbocycles. The van der Waals surface area contributed by atoms with Crippen molar-refractivity contribution < 1.29 is 9.47 Å². The molecule has 3 rings (SSSR count). The Bertz CT molecular complexity index is 584. The molecular formula is C15H17N3O2. The molecule has 1 N–H and O–H groups in total. The van der Waals surface area contributed by atoms with E-state index in [4.69, 9.17) is 9.47 Å². The minimum absolute atomic E-state index is 0.428. The first-order chi connectivity index (χ1) is 9.85. The molecule has 0 fully saturated rings. The summed E-state index contributed by atoms with van der Waals surface area (Å²) in [6, 6.07) is 5.82. The summed E-state index contributed by atoms with van der Waals surface area (Å²) in [5.41, 5.74) is 3.25. The zero-order chi connectivity index (χ0) is 13.8. The van der Waals surface area contributed by atoms with Gasteiger partial charge in [-0.15, -0.1) is 0 Å². The average Bonchev–Trinajstić information content (AvgIpc) is 2.53. The second kappa shape index (κ2) is 5.88. The lowest BCUT2D eigenvalue weighted by Crippen LogP contribution is -2.24. The predicted molar refractivity (Wildman–Crippen MR) is 74.8 cm³/mol. The minimum atomic E-state index is 0.428. The van der Waals surface area contributed by atoms with Gasteiger partial charge in [-0.25, -0.2) is 0 Å². The van der Waals surface area contributed by atoms with Crippen molar-refractivity contribution in [3.8, 4) is 11.5 Å².